The van der Waals surface area contributed by atoms with Gasteiger partial charge in [-0.25, -0.2) is 4.52 Å². The fourth-order valence-electron chi connectivity index (χ4n) is 3.53. The van der Waals surface area contributed by atoms with Gasteiger partial charge in [0.15, 0.2) is 0 Å². The Morgan fingerprint density at radius 1 is 0.833 bits per heavy atom. The molecule has 4 heteroatoms. The summed E-state index contributed by atoms with van der Waals surface area (Å²) in [6.07, 6.45) is 7.11. The molecule has 0 spiro atoms. The molecule has 5 rings (SSSR count). The predicted molar refractivity (Wildman–Crippen MR) is 96.0 cm³/mol. The van der Waals surface area contributed by atoms with Gasteiger partial charge in [-0.05, 0) is 30.0 Å². The van der Waals surface area contributed by atoms with E-state index < -0.39 is 0 Å². The summed E-state index contributed by atoms with van der Waals surface area (Å²) in [5, 5.41) is 8.12. The van der Waals surface area contributed by atoms with Gasteiger partial charge in [0.2, 0.25) is 0 Å². The zero-order chi connectivity index (χ0) is 16.1. The second-order valence-corrected chi connectivity index (χ2v) is 5.92. The summed E-state index contributed by atoms with van der Waals surface area (Å²) in [5.41, 5.74) is 5.39. The van der Waals surface area contributed by atoms with Crippen LogP contribution >= 0.6 is 0 Å². The van der Waals surface area contributed by atoms with E-state index in [1.807, 2.05) is 16.9 Å². The normalized spacial score (nSPS) is 11.5. The number of benzene rings is 2. The number of pyridine rings is 1. The van der Waals surface area contributed by atoms with Gasteiger partial charge in [0.25, 0.3) is 0 Å². The highest BCUT2D eigenvalue weighted by atomic mass is 15.2. The Bertz CT molecular complexity index is 1210. The molecule has 114 valence electrons. The van der Waals surface area contributed by atoms with Crippen molar-refractivity contribution in [2.24, 2.45) is 0 Å². The van der Waals surface area contributed by atoms with E-state index >= 15 is 0 Å². The number of rotatable bonds is 1. The number of hydrogen-bond donors (Lipinski definition) is 0. The Hall–Kier alpha value is -3.27. The van der Waals surface area contributed by atoms with Crippen molar-refractivity contribution in [2.45, 2.75) is 6.92 Å². The first kappa shape index (κ1) is 13.2. The zero-order valence-electron chi connectivity index (χ0n) is 13.1. The van der Waals surface area contributed by atoms with Crippen molar-refractivity contribution in [2.75, 3.05) is 0 Å². The van der Waals surface area contributed by atoms with Crippen LogP contribution in [-0.4, -0.2) is 19.6 Å². The summed E-state index contributed by atoms with van der Waals surface area (Å²) in [5.74, 6) is 0. The minimum absolute atomic E-state index is 0.886. The quantitative estimate of drug-likeness (QED) is 0.431. The fraction of sp³-hybridized carbons (Fsp3) is 0.0500. The molecule has 0 unspecified atom stereocenters. The van der Waals surface area contributed by atoms with Gasteiger partial charge in [-0.15, -0.1) is 0 Å². The first-order valence-corrected chi connectivity index (χ1v) is 7.89. The zero-order valence-corrected chi connectivity index (χ0v) is 13.1. The highest BCUT2D eigenvalue weighted by Crippen LogP contribution is 2.37. The lowest BCUT2D eigenvalue weighted by Gasteiger charge is -2.14. The van der Waals surface area contributed by atoms with E-state index in [1.54, 1.807) is 12.4 Å². The molecule has 0 aliphatic rings. The minimum atomic E-state index is 0.886. The van der Waals surface area contributed by atoms with Crippen LogP contribution in [0.2, 0.25) is 0 Å². The molecular formula is C20H14N4. The molecule has 3 aromatic heterocycles. The second kappa shape index (κ2) is 4.86. The molecule has 0 bridgehead atoms. The van der Waals surface area contributed by atoms with Crippen molar-refractivity contribution in [3.8, 4) is 11.3 Å². The van der Waals surface area contributed by atoms with Gasteiger partial charge in [0.05, 0.1) is 29.1 Å². The second-order valence-electron chi connectivity index (χ2n) is 5.92. The summed E-state index contributed by atoms with van der Waals surface area (Å²) in [4.78, 5) is 8.80. The van der Waals surface area contributed by atoms with Gasteiger partial charge in [-0.1, -0.05) is 30.3 Å². The average Bonchev–Trinajstić information content (AvgIpc) is 3.12. The largest absolute Gasteiger partial charge is 0.261 e. The van der Waals surface area contributed by atoms with E-state index in [4.69, 9.17) is 0 Å². The minimum Gasteiger partial charge on any atom is -0.261 e. The molecule has 24 heavy (non-hydrogen) atoms. The molecule has 0 atom stereocenters. The first-order valence-electron chi connectivity index (χ1n) is 7.89. The molecule has 0 saturated carbocycles. The van der Waals surface area contributed by atoms with Crippen LogP contribution in [0.15, 0.2) is 67.3 Å². The first-order chi connectivity index (χ1) is 11.8. The fourth-order valence-corrected chi connectivity index (χ4v) is 3.53. The number of fused-ring (bicyclic) bond motifs is 6. The third kappa shape index (κ3) is 1.71. The van der Waals surface area contributed by atoms with Crippen molar-refractivity contribution >= 4 is 27.2 Å². The number of aromatic nitrogens is 4. The molecule has 0 saturated heterocycles. The van der Waals surface area contributed by atoms with Crippen LogP contribution in [0.3, 0.4) is 0 Å². The van der Waals surface area contributed by atoms with Gasteiger partial charge in [0, 0.05) is 28.7 Å². The van der Waals surface area contributed by atoms with Crippen LogP contribution in [-0.2, 0) is 0 Å². The summed E-state index contributed by atoms with van der Waals surface area (Å²) in [6, 6.07) is 14.8. The van der Waals surface area contributed by atoms with E-state index in [2.05, 4.69) is 64.5 Å². The van der Waals surface area contributed by atoms with Crippen molar-refractivity contribution in [1.29, 1.82) is 0 Å². The molecule has 4 nitrogen and oxygen atoms in total. The van der Waals surface area contributed by atoms with Gasteiger partial charge < -0.3 is 0 Å². The molecule has 0 radical (unpaired) electrons. The highest BCUT2D eigenvalue weighted by molar-refractivity contribution is 6.17. The third-order valence-corrected chi connectivity index (χ3v) is 4.55. The number of nitrogens with zero attached hydrogens (tertiary/aromatic N) is 4. The Morgan fingerprint density at radius 3 is 2.54 bits per heavy atom. The Balaban J connectivity index is 2.11. The van der Waals surface area contributed by atoms with Gasteiger partial charge >= 0.3 is 0 Å². The molecule has 0 fully saturated rings. The van der Waals surface area contributed by atoms with Crippen LogP contribution in [0, 0.1) is 6.92 Å². The Labute approximate surface area is 138 Å². The van der Waals surface area contributed by atoms with E-state index in [9.17, 15) is 0 Å². The summed E-state index contributed by atoms with van der Waals surface area (Å²) < 4.78 is 2.01. The van der Waals surface area contributed by atoms with Crippen LogP contribution in [0.5, 0.6) is 0 Å². The molecule has 0 amide bonds. The van der Waals surface area contributed by atoms with E-state index in [0.717, 1.165) is 22.3 Å². The van der Waals surface area contributed by atoms with Gasteiger partial charge in [-0.3, -0.25) is 9.97 Å². The van der Waals surface area contributed by atoms with E-state index in [1.165, 1.54) is 21.7 Å². The Morgan fingerprint density at radius 2 is 1.71 bits per heavy atom. The maximum Gasteiger partial charge on any atom is 0.0894 e. The summed E-state index contributed by atoms with van der Waals surface area (Å²) in [7, 11) is 0. The average molecular weight is 310 g/mol. The van der Waals surface area contributed by atoms with Crippen molar-refractivity contribution in [3.05, 3.63) is 72.8 Å². The van der Waals surface area contributed by atoms with Crippen molar-refractivity contribution < 1.29 is 0 Å². The molecule has 5 aromatic rings. The van der Waals surface area contributed by atoms with Crippen LogP contribution in [0.1, 0.15) is 5.56 Å². The monoisotopic (exact) mass is 310 g/mol. The van der Waals surface area contributed by atoms with E-state index in [-0.39, 0.29) is 0 Å². The molecule has 3 heterocycles. The predicted octanol–water partition coefficient (Wildman–Crippen LogP) is 4.41. The smallest absolute Gasteiger partial charge is 0.0894 e. The van der Waals surface area contributed by atoms with Gasteiger partial charge in [-0.2, -0.15) is 5.10 Å². The van der Waals surface area contributed by atoms with Crippen LogP contribution in [0.25, 0.3) is 38.4 Å². The summed E-state index contributed by atoms with van der Waals surface area (Å²) >= 11 is 0. The lowest BCUT2D eigenvalue weighted by molar-refractivity contribution is 1.01. The maximum atomic E-state index is 4.54. The Kier molecular flexibility index (Phi) is 2.67. The molecular weight excluding hydrogens is 296 g/mol. The SMILES string of the molecule is Cc1ccc2c(c1-c1cnccn1)c1ccccc1c1ccnn12. The molecule has 2 aromatic carbocycles. The summed E-state index contributed by atoms with van der Waals surface area (Å²) in [6.45, 7) is 2.12. The molecule has 0 aliphatic heterocycles. The lowest BCUT2D eigenvalue weighted by Crippen LogP contribution is -1.97. The number of hydrogen-bond acceptors (Lipinski definition) is 3. The van der Waals surface area contributed by atoms with E-state index in [0.29, 0.717) is 0 Å². The van der Waals surface area contributed by atoms with Crippen molar-refractivity contribution in [1.82, 2.24) is 19.6 Å². The standard InChI is InChI=1S/C20H14N4/c1-13-6-7-18-20(19(13)16-12-21-10-11-22-16)15-5-3-2-4-14(15)17-8-9-23-24(17)18/h2-12H,1H3. The highest BCUT2D eigenvalue weighted by Gasteiger charge is 2.15. The molecule has 0 aliphatic carbocycles. The van der Waals surface area contributed by atoms with Gasteiger partial charge in [0.1, 0.15) is 0 Å². The van der Waals surface area contributed by atoms with Crippen LogP contribution in [0.4, 0.5) is 0 Å². The lowest BCUT2D eigenvalue weighted by atomic mass is 9.95. The molecule has 0 N–H and O–H groups in total. The maximum absolute atomic E-state index is 4.54. The number of aryl methyl sites for hydroxylation is 1. The van der Waals surface area contributed by atoms with Crippen LogP contribution < -0.4 is 0 Å². The van der Waals surface area contributed by atoms with Crippen molar-refractivity contribution in [3.63, 3.8) is 0 Å². The third-order valence-electron chi connectivity index (χ3n) is 4.55. The topological polar surface area (TPSA) is 43.1 Å².